The van der Waals surface area contributed by atoms with Gasteiger partial charge in [-0.2, -0.15) is 0 Å². The van der Waals surface area contributed by atoms with Gasteiger partial charge in [0.15, 0.2) is 0 Å². The van der Waals surface area contributed by atoms with Gasteiger partial charge in [0.1, 0.15) is 24.4 Å². The second kappa shape index (κ2) is 20.7. The summed E-state index contributed by atoms with van der Waals surface area (Å²) in [6.45, 7) is 9.54. The van der Waals surface area contributed by atoms with Crippen LogP contribution in [0, 0.1) is 0 Å². The van der Waals surface area contributed by atoms with Gasteiger partial charge in [-0.05, 0) is 26.2 Å². The number of hydrogen-bond acceptors (Lipinski definition) is 10. The molecule has 1 aliphatic rings. The van der Waals surface area contributed by atoms with Crippen LogP contribution in [0.25, 0.3) is 0 Å². The van der Waals surface area contributed by atoms with Crippen LogP contribution < -0.4 is 0 Å². The molecular formula is C23H44O10. The number of unbranched alkanes of at least 4 members (excludes halogenated alkanes) is 2. The van der Waals surface area contributed by atoms with E-state index >= 15 is 0 Å². The third-order valence-corrected chi connectivity index (χ3v) is 4.60. The number of aliphatic hydroxyl groups is 3. The van der Waals surface area contributed by atoms with Gasteiger partial charge in [-0.15, -0.1) is 6.58 Å². The molecule has 0 radical (unpaired) electrons. The normalized spacial score (nSPS) is 19.2. The molecule has 5 unspecified atom stereocenters. The van der Waals surface area contributed by atoms with Gasteiger partial charge in [-0.3, -0.25) is 0 Å². The summed E-state index contributed by atoms with van der Waals surface area (Å²) in [6.07, 6.45) is 2.57. The van der Waals surface area contributed by atoms with Crippen molar-refractivity contribution in [3.63, 3.8) is 0 Å². The first-order chi connectivity index (χ1) is 16.0. The monoisotopic (exact) mass is 480 g/mol. The first-order valence-electron chi connectivity index (χ1n) is 11.8. The maximum atomic E-state index is 9.92. The van der Waals surface area contributed by atoms with Crippen LogP contribution in [-0.2, 0) is 33.2 Å². The first-order valence-corrected chi connectivity index (χ1v) is 11.8. The second-order valence-electron chi connectivity index (χ2n) is 8.12. The van der Waals surface area contributed by atoms with E-state index in [1.54, 1.807) is 6.08 Å². The standard InChI is InChI=1S/C23H44O10/c1-3-7-27-12-20(25)14-31-19(2)11-28-8-5-4-6-9-29-13-21(26)15-32-22(10-24)16-30-17-23-18-33-23/h3,19-26H,1,4-18H2,2H3. The van der Waals surface area contributed by atoms with Crippen LogP contribution in [0.15, 0.2) is 12.7 Å². The van der Waals surface area contributed by atoms with E-state index < -0.39 is 18.3 Å². The molecule has 196 valence electrons. The van der Waals surface area contributed by atoms with Gasteiger partial charge < -0.3 is 48.5 Å². The van der Waals surface area contributed by atoms with Crippen molar-refractivity contribution < 1.29 is 48.5 Å². The summed E-state index contributed by atoms with van der Waals surface area (Å²) >= 11 is 0. The molecule has 3 N–H and O–H groups in total. The fraction of sp³-hybridized carbons (Fsp3) is 0.913. The number of epoxide rings is 1. The molecule has 33 heavy (non-hydrogen) atoms. The Bertz CT molecular complexity index is 449. The highest BCUT2D eigenvalue weighted by Gasteiger charge is 2.23. The fourth-order valence-electron chi connectivity index (χ4n) is 2.66. The first kappa shape index (κ1) is 30.4. The highest BCUT2D eigenvalue weighted by Crippen LogP contribution is 2.09. The van der Waals surface area contributed by atoms with E-state index in [1.165, 1.54) is 0 Å². The molecule has 1 rings (SSSR count). The van der Waals surface area contributed by atoms with E-state index in [2.05, 4.69) is 6.58 Å². The zero-order valence-electron chi connectivity index (χ0n) is 20.0. The van der Waals surface area contributed by atoms with Crippen LogP contribution in [0.2, 0.25) is 0 Å². The average Bonchev–Trinajstić information content (AvgIpc) is 3.63. The van der Waals surface area contributed by atoms with Crippen molar-refractivity contribution in [3.8, 4) is 0 Å². The van der Waals surface area contributed by atoms with Gasteiger partial charge in [-0.25, -0.2) is 0 Å². The summed E-state index contributed by atoms with van der Waals surface area (Å²) in [4.78, 5) is 0. The lowest BCUT2D eigenvalue weighted by atomic mass is 10.2. The Labute approximate surface area is 197 Å². The van der Waals surface area contributed by atoms with Crippen molar-refractivity contribution in [1.82, 2.24) is 0 Å². The van der Waals surface area contributed by atoms with E-state index in [4.69, 9.17) is 33.2 Å². The minimum absolute atomic E-state index is 0.0848. The summed E-state index contributed by atoms with van der Waals surface area (Å²) in [6, 6.07) is 0. The zero-order valence-corrected chi connectivity index (χ0v) is 20.0. The van der Waals surface area contributed by atoms with E-state index in [1.807, 2.05) is 6.92 Å². The van der Waals surface area contributed by atoms with Crippen LogP contribution in [0.1, 0.15) is 26.2 Å². The van der Waals surface area contributed by atoms with Crippen LogP contribution in [0.3, 0.4) is 0 Å². The lowest BCUT2D eigenvalue weighted by molar-refractivity contribution is -0.0838. The van der Waals surface area contributed by atoms with Crippen LogP contribution in [0.4, 0.5) is 0 Å². The molecule has 0 bridgehead atoms. The van der Waals surface area contributed by atoms with Crippen LogP contribution >= 0.6 is 0 Å². The Kier molecular flexibility index (Phi) is 19.0. The third-order valence-electron chi connectivity index (χ3n) is 4.60. The predicted octanol–water partition coefficient (Wildman–Crippen LogP) is 0.312. The molecule has 0 aromatic carbocycles. The van der Waals surface area contributed by atoms with Gasteiger partial charge in [-0.1, -0.05) is 6.08 Å². The van der Waals surface area contributed by atoms with Crippen molar-refractivity contribution in [1.29, 1.82) is 0 Å². The van der Waals surface area contributed by atoms with Crippen molar-refractivity contribution in [2.75, 3.05) is 79.3 Å². The van der Waals surface area contributed by atoms with Crippen LogP contribution in [0.5, 0.6) is 0 Å². The van der Waals surface area contributed by atoms with Gasteiger partial charge in [0.05, 0.1) is 72.2 Å². The second-order valence-corrected chi connectivity index (χ2v) is 8.12. The molecule has 0 saturated carbocycles. The molecule has 0 aliphatic carbocycles. The Hall–Kier alpha value is -0.660. The number of ether oxygens (including phenoxy) is 7. The number of rotatable bonds is 25. The highest BCUT2D eigenvalue weighted by molar-refractivity contribution is 4.68. The maximum Gasteiger partial charge on any atom is 0.104 e. The van der Waals surface area contributed by atoms with Crippen molar-refractivity contribution in [2.24, 2.45) is 0 Å². The van der Waals surface area contributed by atoms with Crippen molar-refractivity contribution >= 4 is 0 Å². The predicted molar refractivity (Wildman–Crippen MR) is 121 cm³/mol. The third kappa shape index (κ3) is 19.3. The molecule has 1 saturated heterocycles. The summed E-state index contributed by atoms with van der Waals surface area (Å²) < 4.78 is 37.6. The highest BCUT2D eigenvalue weighted by atomic mass is 16.6. The molecular weight excluding hydrogens is 436 g/mol. The molecule has 10 heteroatoms. The lowest BCUT2D eigenvalue weighted by Crippen LogP contribution is -2.31. The molecule has 1 aliphatic heterocycles. The smallest absolute Gasteiger partial charge is 0.104 e. The number of aliphatic hydroxyl groups excluding tert-OH is 3. The summed E-state index contributed by atoms with van der Waals surface area (Å²) in [7, 11) is 0. The summed E-state index contributed by atoms with van der Waals surface area (Å²) in [5.74, 6) is 0. The largest absolute Gasteiger partial charge is 0.394 e. The van der Waals surface area contributed by atoms with Gasteiger partial charge in [0.2, 0.25) is 0 Å². The zero-order chi connectivity index (χ0) is 24.2. The fourth-order valence-corrected chi connectivity index (χ4v) is 2.66. The Morgan fingerprint density at radius 1 is 0.879 bits per heavy atom. The molecule has 0 aromatic rings. The van der Waals surface area contributed by atoms with Crippen LogP contribution in [-0.4, -0.2) is 125 Å². The minimum atomic E-state index is -0.747. The quantitative estimate of drug-likeness (QED) is 0.0954. The SMILES string of the molecule is C=CCOCC(O)COC(C)COCCCCCOCC(O)COC(CO)COCC1CO1. The maximum absolute atomic E-state index is 9.92. The lowest BCUT2D eigenvalue weighted by Gasteiger charge is -2.18. The molecule has 5 atom stereocenters. The molecule has 0 aromatic heterocycles. The summed E-state index contributed by atoms with van der Waals surface area (Å²) in [5, 5.41) is 28.9. The summed E-state index contributed by atoms with van der Waals surface area (Å²) in [5.41, 5.74) is 0. The van der Waals surface area contributed by atoms with Gasteiger partial charge in [0, 0.05) is 13.2 Å². The molecule has 1 heterocycles. The number of hydrogen-bond donors (Lipinski definition) is 3. The molecule has 0 amide bonds. The topological polar surface area (TPSA) is 129 Å². The van der Waals surface area contributed by atoms with Crippen molar-refractivity contribution in [3.05, 3.63) is 12.7 Å². The molecule has 10 nitrogen and oxygen atoms in total. The van der Waals surface area contributed by atoms with E-state index in [9.17, 15) is 15.3 Å². The van der Waals surface area contributed by atoms with E-state index in [-0.39, 0.29) is 51.8 Å². The van der Waals surface area contributed by atoms with E-state index in [0.717, 1.165) is 25.9 Å². The Morgan fingerprint density at radius 3 is 2.15 bits per heavy atom. The minimum Gasteiger partial charge on any atom is -0.394 e. The Morgan fingerprint density at radius 2 is 1.52 bits per heavy atom. The molecule has 0 spiro atoms. The van der Waals surface area contributed by atoms with Crippen molar-refractivity contribution in [2.45, 2.75) is 56.7 Å². The average molecular weight is 481 g/mol. The molecule has 1 fully saturated rings. The van der Waals surface area contributed by atoms with E-state index in [0.29, 0.717) is 33.0 Å². The Balaban J connectivity index is 1.85. The van der Waals surface area contributed by atoms with Gasteiger partial charge >= 0.3 is 0 Å². The van der Waals surface area contributed by atoms with Gasteiger partial charge in [0.25, 0.3) is 0 Å².